The summed E-state index contributed by atoms with van der Waals surface area (Å²) in [6.07, 6.45) is 0. The Balaban J connectivity index is 2.26. The molecule has 0 bridgehead atoms. The van der Waals surface area contributed by atoms with E-state index in [1.165, 1.54) is 16.3 Å². The molecule has 2 N–H and O–H groups in total. The van der Waals surface area contributed by atoms with Gasteiger partial charge in [-0.15, -0.1) is 5.10 Å². The van der Waals surface area contributed by atoms with Crippen LogP contribution in [-0.2, 0) is 18.4 Å². The fourth-order valence-corrected chi connectivity index (χ4v) is 2.25. The van der Waals surface area contributed by atoms with E-state index in [-0.39, 0.29) is 5.69 Å². The summed E-state index contributed by atoms with van der Waals surface area (Å²) >= 11 is 1.29. The summed E-state index contributed by atoms with van der Waals surface area (Å²) in [7, 11) is 3.43. The third-order valence-electron chi connectivity index (χ3n) is 2.47. The number of H-pyrrole nitrogens is 1. The van der Waals surface area contributed by atoms with E-state index in [2.05, 4.69) is 25.5 Å². The maximum atomic E-state index is 11.3. The third-order valence-corrected chi connectivity index (χ3v) is 3.44. The lowest BCUT2D eigenvalue weighted by Crippen LogP contribution is -2.13. The molecule has 0 radical (unpaired) electrons. The topological polar surface area (TPSA) is 97.7 Å². The van der Waals surface area contributed by atoms with E-state index in [9.17, 15) is 4.79 Å². The van der Waals surface area contributed by atoms with Crippen molar-refractivity contribution in [2.24, 2.45) is 7.05 Å². The molecule has 0 aliphatic carbocycles. The highest BCUT2D eigenvalue weighted by Crippen LogP contribution is 2.24. The predicted octanol–water partition coefficient (Wildman–Crippen LogP) is 0.628. The zero-order valence-electron chi connectivity index (χ0n) is 11.5. The molecule has 0 saturated carbocycles. The van der Waals surface area contributed by atoms with E-state index in [0.717, 1.165) is 0 Å². The molecule has 2 heterocycles. The normalized spacial score (nSPS) is 10.8. The van der Waals surface area contributed by atoms with Gasteiger partial charge in [-0.1, -0.05) is 0 Å². The van der Waals surface area contributed by atoms with Crippen molar-refractivity contribution in [1.82, 2.24) is 24.7 Å². The Kier molecular flexibility index (Phi) is 4.74. The molecule has 2 rings (SSSR count). The number of nitrogens with one attached hydrogen (secondary N) is 2. The van der Waals surface area contributed by atoms with Gasteiger partial charge in [0.15, 0.2) is 11.0 Å². The van der Waals surface area contributed by atoms with Crippen LogP contribution in [0.5, 0.6) is 0 Å². The molecular formula is C11H16N6O2S. The minimum absolute atomic E-state index is 0.259. The SMILES string of the molecule is CCOCc1nc(NC)cc(Sc2n[nH]c(=O)n2C)n1. The average Bonchev–Trinajstić information content (AvgIpc) is 2.77. The number of hydrogen-bond donors (Lipinski definition) is 2. The summed E-state index contributed by atoms with van der Waals surface area (Å²) in [5.74, 6) is 1.28. The van der Waals surface area contributed by atoms with Crippen molar-refractivity contribution >= 4 is 17.6 Å². The Morgan fingerprint density at radius 1 is 1.50 bits per heavy atom. The lowest BCUT2D eigenvalue weighted by atomic mass is 10.5. The molecule has 9 heteroatoms. The van der Waals surface area contributed by atoms with E-state index in [4.69, 9.17) is 4.74 Å². The van der Waals surface area contributed by atoms with Gasteiger partial charge in [-0.05, 0) is 18.7 Å². The largest absolute Gasteiger partial charge is 0.374 e. The molecule has 0 aliphatic rings. The Morgan fingerprint density at radius 2 is 2.30 bits per heavy atom. The van der Waals surface area contributed by atoms with Crippen molar-refractivity contribution in [1.29, 1.82) is 0 Å². The van der Waals surface area contributed by atoms with Crippen LogP contribution in [0.3, 0.4) is 0 Å². The molecule has 0 atom stereocenters. The maximum Gasteiger partial charge on any atom is 0.343 e. The molecule has 2 aromatic heterocycles. The molecule has 0 unspecified atom stereocenters. The van der Waals surface area contributed by atoms with Crippen molar-refractivity contribution in [3.8, 4) is 0 Å². The Labute approximate surface area is 120 Å². The zero-order chi connectivity index (χ0) is 14.5. The predicted molar refractivity (Wildman–Crippen MR) is 74.9 cm³/mol. The summed E-state index contributed by atoms with van der Waals surface area (Å²) in [4.78, 5) is 20.0. The van der Waals surface area contributed by atoms with Gasteiger partial charge in [-0.3, -0.25) is 4.57 Å². The molecule has 0 saturated heterocycles. The second kappa shape index (κ2) is 6.53. The van der Waals surface area contributed by atoms with Gasteiger partial charge in [0.25, 0.3) is 0 Å². The van der Waals surface area contributed by atoms with E-state index >= 15 is 0 Å². The minimum atomic E-state index is -0.259. The fraction of sp³-hybridized carbons (Fsp3) is 0.455. The standard InChI is InChI=1S/C11H16N6O2S/c1-4-19-6-8-13-7(12-2)5-9(14-8)20-11-16-15-10(18)17(11)3/h5H,4,6H2,1-3H3,(H,15,18)(H,12,13,14). The first-order chi connectivity index (χ1) is 9.63. The van der Waals surface area contributed by atoms with Crippen molar-refractivity contribution < 1.29 is 4.74 Å². The van der Waals surface area contributed by atoms with Crippen molar-refractivity contribution in [3.63, 3.8) is 0 Å². The average molecular weight is 296 g/mol. The highest BCUT2D eigenvalue weighted by molar-refractivity contribution is 7.99. The van der Waals surface area contributed by atoms with E-state index in [1.807, 2.05) is 6.92 Å². The summed E-state index contributed by atoms with van der Waals surface area (Å²) in [6.45, 7) is 2.86. The maximum absolute atomic E-state index is 11.3. The first kappa shape index (κ1) is 14.5. The van der Waals surface area contributed by atoms with Gasteiger partial charge in [0, 0.05) is 26.8 Å². The molecule has 108 valence electrons. The van der Waals surface area contributed by atoms with Crippen LogP contribution in [0.1, 0.15) is 12.7 Å². The van der Waals surface area contributed by atoms with Crippen molar-refractivity contribution in [2.45, 2.75) is 23.7 Å². The summed E-state index contributed by atoms with van der Waals surface area (Å²) in [5, 5.41) is 10.5. The fourth-order valence-electron chi connectivity index (χ4n) is 1.43. The smallest absolute Gasteiger partial charge is 0.343 e. The number of aromatic nitrogens is 5. The Hall–Kier alpha value is -1.87. The van der Waals surface area contributed by atoms with Crippen LogP contribution >= 0.6 is 11.8 Å². The highest BCUT2D eigenvalue weighted by atomic mass is 32.2. The minimum Gasteiger partial charge on any atom is -0.374 e. The van der Waals surface area contributed by atoms with Gasteiger partial charge >= 0.3 is 5.69 Å². The molecule has 0 aliphatic heterocycles. The summed E-state index contributed by atoms with van der Waals surface area (Å²) in [6, 6.07) is 1.79. The Morgan fingerprint density at radius 3 is 2.90 bits per heavy atom. The van der Waals surface area contributed by atoms with Crippen LogP contribution in [0.15, 0.2) is 21.0 Å². The van der Waals surface area contributed by atoms with Crippen LogP contribution < -0.4 is 11.0 Å². The Bertz CT molecular complexity index is 638. The first-order valence-electron chi connectivity index (χ1n) is 6.06. The van der Waals surface area contributed by atoms with Gasteiger partial charge in [-0.25, -0.2) is 19.9 Å². The van der Waals surface area contributed by atoms with E-state index in [0.29, 0.717) is 35.0 Å². The molecule has 0 spiro atoms. The van der Waals surface area contributed by atoms with Crippen LogP contribution in [-0.4, -0.2) is 38.4 Å². The number of ether oxygens (including phenoxy) is 1. The summed E-state index contributed by atoms with van der Waals surface area (Å²) in [5.41, 5.74) is -0.259. The number of hydrogen-bond acceptors (Lipinski definition) is 7. The van der Waals surface area contributed by atoms with E-state index < -0.39 is 0 Å². The molecule has 0 amide bonds. The van der Waals surface area contributed by atoms with Gasteiger partial charge in [0.1, 0.15) is 17.5 Å². The number of nitrogens with zero attached hydrogens (tertiary/aromatic N) is 4. The van der Waals surface area contributed by atoms with Crippen LogP contribution in [0.4, 0.5) is 5.82 Å². The monoisotopic (exact) mass is 296 g/mol. The molecule has 8 nitrogen and oxygen atoms in total. The highest BCUT2D eigenvalue weighted by Gasteiger charge is 2.10. The first-order valence-corrected chi connectivity index (χ1v) is 6.88. The molecule has 20 heavy (non-hydrogen) atoms. The molecule has 0 fully saturated rings. The van der Waals surface area contributed by atoms with E-state index in [1.54, 1.807) is 20.2 Å². The quantitative estimate of drug-likeness (QED) is 0.754. The lowest BCUT2D eigenvalue weighted by molar-refractivity contribution is 0.128. The van der Waals surface area contributed by atoms with Crippen LogP contribution in [0.25, 0.3) is 0 Å². The number of anilines is 1. The summed E-state index contributed by atoms with van der Waals surface area (Å²) < 4.78 is 6.74. The number of rotatable bonds is 6. The van der Waals surface area contributed by atoms with Crippen LogP contribution in [0, 0.1) is 0 Å². The molecule has 0 aromatic carbocycles. The van der Waals surface area contributed by atoms with Crippen molar-refractivity contribution in [3.05, 3.63) is 22.4 Å². The third kappa shape index (κ3) is 3.36. The van der Waals surface area contributed by atoms with Crippen molar-refractivity contribution in [2.75, 3.05) is 19.0 Å². The van der Waals surface area contributed by atoms with Gasteiger partial charge in [0.05, 0.1) is 0 Å². The molecular weight excluding hydrogens is 280 g/mol. The van der Waals surface area contributed by atoms with Crippen LogP contribution in [0.2, 0.25) is 0 Å². The van der Waals surface area contributed by atoms with Gasteiger partial charge < -0.3 is 10.1 Å². The second-order valence-corrected chi connectivity index (χ2v) is 4.85. The molecule has 2 aromatic rings. The zero-order valence-corrected chi connectivity index (χ0v) is 12.3. The second-order valence-electron chi connectivity index (χ2n) is 3.87. The van der Waals surface area contributed by atoms with Gasteiger partial charge in [0.2, 0.25) is 0 Å². The lowest BCUT2D eigenvalue weighted by Gasteiger charge is -2.07. The number of aromatic amines is 1. The van der Waals surface area contributed by atoms with Gasteiger partial charge in [-0.2, -0.15) is 0 Å².